The third-order valence-corrected chi connectivity index (χ3v) is 1.36. The van der Waals surface area contributed by atoms with Gasteiger partial charge in [-0.1, -0.05) is 13.8 Å². The van der Waals surface area contributed by atoms with Gasteiger partial charge in [-0.25, -0.2) is 9.78 Å². The van der Waals surface area contributed by atoms with Gasteiger partial charge in [0.15, 0.2) is 0 Å². The highest BCUT2D eigenvalue weighted by molar-refractivity contribution is 5.88. The lowest BCUT2D eigenvalue weighted by molar-refractivity contribution is 0.254. The van der Waals surface area contributed by atoms with Crippen molar-refractivity contribution in [3.8, 4) is 6.07 Å². The Bertz CT molecular complexity index is 339. The second kappa shape index (κ2) is 7.33. The number of pyridine rings is 1. The number of nitrogens with zero attached hydrogens (tertiary/aromatic N) is 2. The number of hydrogen-bond donors (Lipinski definition) is 2. The van der Waals surface area contributed by atoms with Crippen LogP contribution in [0.3, 0.4) is 0 Å². The maximum atomic E-state index is 10.8. The largest absolute Gasteiger partial charge is 0.341 e. The number of anilines is 1. The standard InChI is InChI=1S/C8H8N4O.C2H6/c1-10-8(13)12-7-3-2-6(4-9)11-5-7;1-2/h2-3,5H,1H3,(H2,10,12,13);1-2H3. The lowest BCUT2D eigenvalue weighted by Gasteiger charge is -2.02. The van der Waals surface area contributed by atoms with Crippen LogP contribution in [0.4, 0.5) is 10.5 Å². The highest BCUT2D eigenvalue weighted by Crippen LogP contribution is 2.04. The monoisotopic (exact) mass is 206 g/mol. The summed E-state index contributed by atoms with van der Waals surface area (Å²) in [5, 5.41) is 13.4. The topological polar surface area (TPSA) is 77.8 Å². The summed E-state index contributed by atoms with van der Waals surface area (Å²) in [5.41, 5.74) is 0.876. The molecule has 0 spiro atoms. The normalized spacial score (nSPS) is 7.87. The number of carbonyl (C=O) groups excluding carboxylic acids is 1. The molecule has 0 unspecified atom stereocenters. The smallest absolute Gasteiger partial charge is 0.319 e. The summed E-state index contributed by atoms with van der Waals surface area (Å²) >= 11 is 0. The minimum atomic E-state index is -0.313. The Balaban J connectivity index is 0.000000921. The SMILES string of the molecule is CC.CNC(=O)Nc1ccc(C#N)nc1. The Morgan fingerprint density at radius 1 is 1.47 bits per heavy atom. The molecule has 5 nitrogen and oxygen atoms in total. The van der Waals surface area contributed by atoms with Crippen molar-refractivity contribution in [2.45, 2.75) is 13.8 Å². The maximum absolute atomic E-state index is 10.8. The predicted octanol–water partition coefficient (Wildman–Crippen LogP) is 1.73. The Hall–Kier alpha value is -2.09. The molecule has 2 N–H and O–H groups in total. The fourth-order valence-electron chi connectivity index (χ4n) is 0.728. The molecule has 0 radical (unpaired) electrons. The van der Waals surface area contributed by atoms with Crippen LogP contribution in [0.1, 0.15) is 19.5 Å². The summed E-state index contributed by atoms with van der Waals surface area (Å²) in [6.07, 6.45) is 1.42. The zero-order valence-corrected chi connectivity index (χ0v) is 9.03. The van der Waals surface area contributed by atoms with Crippen molar-refractivity contribution in [2.24, 2.45) is 0 Å². The number of nitriles is 1. The van der Waals surface area contributed by atoms with Crippen molar-refractivity contribution in [3.63, 3.8) is 0 Å². The van der Waals surface area contributed by atoms with Crippen molar-refractivity contribution in [1.82, 2.24) is 10.3 Å². The molecule has 0 saturated heterocycles. The molecule has 80 valence electrons. The Labute approximate surface area is 89.1 Å². The van der Waals surface area contributed by atoms with Gasteiger partial charge >= 0.3 is 6.03 Å². The Kier molecular flexibility index (Phi) is 6.31. The summed E-state index contributed by atoms with van der Waals surface area (Å²) in [7, 11) is 1.52. The van der Waals surface area contributed by atoms with Crippen LogP contribution in [-0.2, 0) is 0 Å². The van der Waals surface area contributed by atoms with Crippen LogP contribution in [-0.4, -0.2) is 18.1 Å². The van der Waals surface area contributed by atoms with Gasteiger partial charge in [-0.2, -0.15) is 5.26 Å². The van der Waals surface area contributed by atoms with Crippen LogP contribution in [0.25, 0.3) is 0 Å². The van der Waals surface area contributed by atoms with E-state index < -0.39 is 0 Å². The van der Waals surface area contributed by atoms with Crippen LogP contribution in [0.15, 0.2) is 18.3 Å². The number of rotatable bonds is 1. The van der Waals surface area contributed by atoms with E-state index in [4.69, 9.17) is 5.26 Å². The quantitative estimate of drug-likeness (QED) is 0.734. The average Bonchev–Trinajstić information content (AvgIpc) is 2.32. The lowest BCUT2D eigenvalue weighted by Crippen LogP contribution is -2.24. The van der Waals surface area contributed by atoms with E-state index in [0.717, 1.165) is 0 Å². The zero-order chi connectivity index (χ0) is 11.7. The van der Waals surface area contributed by atoms with Crippen molar-refractivity contribution >= 4 is 11.7 Å². The molecule has 0 aliphatic carbocycles. The van der Waals surface area contributed by atoms with E-state index >= 15 is 0 Å². The molecule has 1 aromatic rings. The summed E-state index contributed by atoms with van der Waals surface area (Å²) in [6.45, 7) is 4.00. The highest BCUT2D eigenvalue weighted by atomic mass is 16.2. The molecule has 1 rings (SSSR count). The molecule has 15 heavy (non-hydrogen) atoms. The fourth-order valence-corrected chi connectivity index (χ4v) is 0.728. The van der Waals surface area contributed by atoms with Crippen molar-refractivity contribution in [3.05, 3.63) is 24.0 Å². The van der Waals surface area contributed by atoms with E-state index in [0.29, 0.717) is 11.4 Å². The number of nitrogens with one attached hydrogen (secondary N) is 2. The third-order valence-electron chi connectivity index (χ3n) is 1.36. The maximum Gasteiger partial charge on any atom is 0.319 e. The minimum absolute atomic E-state index is 0.313. The summed E-state index contributed by atoms with van der Waals surface area (Å²) in [4.78, 5) is 14.6. The van der Waals surface area contributed by atoms with Gasteiger partial charge < -0.3 is 10.6 Å². The number of carbonyl (C=O) groups is 1. The van der Waals surface area contributed by atoms with E-state index in [1.165, 1.54) is 19.3 Å². The molecular weight excluding hydrogens is 192 g/mol. The van der Waals surface area contributed by atoms with Crippen LogP contribution in [0.5, 0.6) is 0 Å². The van der Waals surface area contributed by atoms with E-state index in [2.05, 4.69) is 15.6 Å². The molecule has 0 bridgehead atoms. The Morgan fingerprint density at radius 2 is 2.13 bits per heavy atom. The first-order valence-electron chi connectivity index (χ1n) is 4.61. The summed E-state index contributed by atoms with van der Waals surface area (Å²) < 4.78 is 0. The van der Waals surface area contributed by atoms with Gasteiger partial charge in [0, 0.05) is 7.05 Å². The van der Waals surface area contributed by atoms with Crippen LogP contribution in [0.2, 0.25) is 0 Å². The number of amides is 2. The van der Waals surface area contributed by atoms with Gasteiger partial charge in [0.25, 0.3) is 0 Å². The summed E-state index contributed by atoms with van der Waals surface area (Å²) in [6, 6.07) is 4.71. The zero-order valence-electron chi connectivity index (χ0n) is 9.03. The van der Waals surface area contributed by atoms with Crippen molar-refractivity contribution < 1.29 is 4.79 Å². The van der Waals surface area contributed by atoms with Gasteiger partial charge in [-0.3, -0.25) is 0 Å². The highest BCUT2D eigenvalue weighted by Gasteiger charge is 1.98. The van der Waals surface area contributed by atoms with Gasteiger partial charge in [0.05, 0.1) is 11.9 Å². The molecule has 5 heteroatoms. The molecule has 1 aromatic heterocycles. The van der Waals surface area contributed by atoms with Crippen molar-refractivity contribution in [2.75, 3.05) is 12.4 Å². The van der Waals surface area contributed by atoms with E-state index in [9.17, 15) is 4.79 Å². The van der Waals surface area contributed by atoms with Gasteiger partial charge in [0.2, 0.25) is 0 Å². The molecule has 0 aromatic carbocycles. The minimum Gasteiger partial charge on any atom is -0.341 e. The first-order valence-corrected chi connectivity index (χ1v) is 4.61. The van der Waals surface area contributed by atoms with Gasteiger partial charge in [-0.15, -0.1) is 0 Å². The van der Waals surface area contributed by atoms with E-state index in [1.807, 2.05) is 19.9 Å². The van der Waals surface area contributed by atoms with Crippen LogP contribution < -0.4 is 10.6 Å². The molecule has 1 heterocycles. The third kappa shape index (κ3) is 4.62. The van der Waals surface area contributed by atoms with E-state index in [1.54, 1.807) is 6.07 Å². The predicted molar refractivity (Wildman–Crippen MR) is 58.4 cm³/mol. The molecule has 0 fully saturated rings. The molecule has 0 aliphatic heterocycles. The van der Waals surface area contributed by atoms with Gasteiger partial charge in [0.1, 0.15) is 11.8 Å². The first kappa shape index (κ1) is 12.9. The average molecular weight is 206 g/mol. The number of urea groups is 1. The Morgan fingerprint density at radius 3 is 2.53 bits per heavy atom. The molecule has 0 saturated carbocycles. The van der Waals surface area contributed by atoms with Crippen LogP contribution >= 0.6 is 0 Å². The van der Waals surface area contributed by atoms with Crippen LogP contribution in [0, 0.1) is 11.3 Å². The first-order chi connectivity index (χ1) is 7.26. The lowest BCUT2D eigenvalue weighted by atomic mass is 10.3. The molecular formula is C10H14N4O. The van der Waals surface area contributed by atoms with E-state index in [-0.39, 0.29) is 6.03 Å². The number of aromatic nitrogens is 1. The summed E-state index contributed by atoms with van der Waals surface area (Å²) in [5.74, 6) is 0. The van der Waals surface area contributed by atoms with Gasteiger partial charge in [-0.05, 0) is 12.1 Å². The van der Waals surface area contributed by atoms with Crippen molar-refractivity contribution in [1.29, 1.82) is 5.26 Å². The molecule has 0 aliphatic rings. The second-order valence-electron chi connectivity index (χ2n) is 2.25. The molecule has 2 amide bonds. The second-order valence-corrected chi connectivity index (χ2v) is 2.25. The fraction of sp³-hybridized carbons (Fsp3) is 0.300. The number of hydrogen-bond acceptors (Lipinski definition) is 3. The molecule has 0 atom stereocenters.